The molecule has 0 fully saturated rings. The minimum Gasteiger partial charge on any atom is -0.393 e. The molecule has 0 aliphatic heterocycles. The molecule has 0 rings (SSSR count). The van der Waals surface area contributed by atoms with Gasteiger partial charge in [-0.25, -0.2) is 0 Å². The Labute approximate surface area is 64.5 Å². The van der Waals surface area contributed by atoms with E-state index in [0.717, 1.165) is 12.3 Å². The van der Waals surface area contributed by atoms with E-state index in [1.807, 2.05) is 6.92 Å². The maximum Gasteiger partial charge on any atom is 0.0512 e. The average Bonchev–Trinajstić information content (AvgIpc) is 1.79. The van der Waals surface area contributed by atoms with E-state index in [4.69, 9.17) is 5.11 Å². The van der Waals surface area contributed by atoms with Crippen molar-refractivity contribution in [3.8, 4) is 0 Å². The summed E-state index contributed by atoms with van der Waals surface area (Å²) in [6.07, 6.45) is 4.60. The summed E-state index contributed by atoms with van der Waals surface area (Å²) >= 11 is 0. The van der Waals surface area contributed by atoms with E-state index in [2.05, 4.69) is 13.8 Å². The molecule has 1 nitrogen and oxygen atoms in total. The molecule has 62 valence electrons. The van der Waals surface area contributed by atoms with E-state index in [0.29, 0.717) is 0 Å². The quantitative estimate of drug-likeness (QED) is 0.588. The van der Waals surface area contributed by atoms with Crippen molar-refractivity contribution in [3.63, 3.8) is 0 Å². The van der Waals surface area contributed by atoms with Crippen LogP contribution in [0.3, 0.4) is 0 Å². The van der Waals surface area contributed by atoms with Gasteiger partial charge in [0.1, 0.15) is 0 Å². The van der Waals surface area contributed by atoms with E-state index >= 15 is 0 Å². The van der Waals surface area contributed by atoms with E-state index < -0.39 is 0 Å². The molecule has 0 heterocycles. The predicted octanol–water partition coefficient (Wildman–Crippen LogP) is 2.58. The third-order valence-electron chi connectivity index (χ3n) is 1.65. The van der Waals surface area contributed by atoms with Crippen LogP contribution in [0.4, 0.5) is 0 Å². The Balaban J connectivity index is 2.91. The van der Waals surface area contributed by atoms with Gasteiger partial charge in [0.2, 0.25) is 0 Å². The number of unbranched alkanes of at least 4 members (excludes halogenated alkanes) is 1. The standard InChI is InChI=1S/C9H20O/c1-8(2)6-4-5-7-9(3)10/h8-10H,4-7H2,1-3H3/t9-/m0/s1. The van der Waals surface area contributed by atoms with Gasteiger partial charge in [-0.15, -0.1) is 0 Å². The molecule has 0 saturated heterocycles. The fraction of sp³-hybridized carbons (Fsp3) is 1.00. The predicted molar refractivity (Wildman–Crippen MR) is 45.0 cm³/mol. The molecule has 1 N–H and O–H groups in total. The van der Waals surface area contributed by atoms with Crippen LogP contribution in [0.1, 0.15) is 46.5 Å². The Morgan fingerprint density at radius 3 is 1.90 bits per heavy atom. The first-order chi connectivity index (χ1) is 4.63. The molecular weight excluding hydrogens is 124 g/mol. The third-order valence-corrected chi connectivity index (χ3v) is 1.65. The molecule has 0 aliphatic carbocycles. The van der Waals surface area contributed by atoms with Crippen molar-refractivity contribution in [2.75, 3.05) is 0 Å². The minimum absolute atomic E-state index is 0.104. The van der Waals surface area contributed by atoms with Crippen LogP contribution >= 0.6 is 0 Å². The molecule has 0 spiro atoms. The van der Waals surface area contributed by atoms with Crippen LogP contribution < -0.4 is 0 Å². The van der Waals surface area contributed by atoms with Crippen molar-refractivity contribution in [1.29, 1.82) is 0 Å². The zero-order valence-electron chi connectivity index (χ0n) is 7.43. The van der Waals surface area contributed by atoms with Crippen molar-refractivity contribution in [1.82, 2.24) is 0 Å². The van der Waals surface area contributed by atoms with Gasteiger partial charge in [-0.2, -0.15) is 0 Å². The minimum atomic E-state index is -0.104. The Hall–Kier alpha value is -0.0400. The van der Waals surface area contributed by atoms with Crippen LogP contribution in [0.25, 0.3) is 0 Å². The van der Waals surface area contributed by atoms with Gasteiger partial charge >= 0.3 is 0 Å². The van der Waals surface area contributed by atoms with Gasteiger partial charge in [-0.1, -0.05) is 33.1 Å². The molecule has 0 radical (unpaired) electrons. The number of rotatable bonds is 5. The molecule has 0 saturated carbocycles. The molecule has 10 heavy (non-hydrogen) atoms. The fourth-order valence-electron chi connectivity index (χ4n) is 0.992. The first-order valence-electron chi connectivity index (χ1n) is 4.31. The summed E-state index contributed by atoms with van der Waals surface area (Å²) in [5.41, 5.74) is 0. The lowest BCUT2D eigenvalue weighted by atomic mass is 10.0. The van der Waals surface area contributed by atoms with Gasteiger partial charge in [-0.05, 0) is 19.3 Å². The maximum atomic E-state index is 8.92. The van der Waals surface area contributed by atoms with Gasteiger partial charge in [0.25, 0.3) is 0 Å². The van der Waals surface area contributed by atoms with Crippen LogP contribution in [0.15, 0.2) is 0 Å². The first kappa shape index (κ1) is 9.96. The lowest BCUT2D eigenvalue weighted by Gasteiger charge is -2.05. The Morgan fingerprint density at radius 2 is 1.50 bits per heavy atom. The highest BCUT2D eigenvalue weighted by atomic mass is 16.3. The molecule has 0 amide bonds. The normalized spacial score (nSPS) is 14.1. The Bertz CT molecular complexity index is 57.1. The van der Waals surface area contributed by atoms with Gasteiger partial charge < -0.3 is 5.11 Å². The summed E-state index contributed by atoms with van der Waals surface area (Å²) in [5.74, 6) is 0.814. The van der Waals surface area contributed by atoms with E-state index in [9.17, 15) is 0 Å². The van der Waals surface area contributed by atoms with Crippen LogP contribution in [-0.2, 0) is 0 Å². The zero-order chi connectivity index (χ0) is 7.98. The van der Waals surface area contributed by atoms with Crippen molar-refractivity contribution in [2.45, 2.75) is 52.6 Å². The topological polar surface area (TPSA) is 20.2 Å². The van der Waals surface area contributed by atoms with Crippen molar-refractivity contribution in [2.24, 2.45) is 5.92 Å². The lowest BCUT2D eigenvalue weighted by Crippen LogP contribution is -1.98. The maximum absolute atomic E-state index is 8.92. The second kappa shape index (κ2) is 5.72. The van der Waals surface area contributed by atoms with Crippen LogP contribution in [-0.4, -0.2) is 11.2 Å². The van der Waals surface area contributed by atoms with Crippen LogP contribution in [0, 0.1) is 5.92 Å². The highest BCUT2D eigenvalue weighted by molar-refractivity contribution is 4.50. The molecule has 1 atom stereocenters. The summed E-state index contributed by atoms with van der Waals surface area (Å²) in [6.45, 7) is 6.33. The summed E-state index contributed by atoms with van der Waals surface area (Å²) in [4.78, 5) is 0. The van der Waals surface area contributed by atoms with Crippen molar-refractivity contribution >= 4 is 0 Å². The molecular formula is C9H20O. The SMILES string of the molecule is CC(C)CCCC[C@H](C)O. The Kier molecular flexibility index (Phi) is 5.70. The van der Waals surface area contributed by atoms with E-state index in [1.165, 1.54) is 19.3 Å². The van der Waals surface area contributed by atoms with Gasteiger partial charge in [0, 0.05) is 0 Å². The fourth-order valence-corrected chi connectivity index (χ4v) is 0.992. The third kappa shape index (κ3) is 7.96. The molecule has 0 bridgehead atoms. The number of aliphatic hydroxyl groups is 1. The Morgan fingerprint density at radius 1 is 1.00 bits per heavy atom. The smallest absolute Gasteiger partial charge is 0.0512 e. The molecule has 0 aromatic rings. The summed E-state index contributed by atoms with van der Waals surface area (Å²) in [7, 11) is 0. The van der Waals surface area contributed by atoms with Crippen LogP contribution in [0.2, 0.25) is 0 Å². The number of aliphatic hydroxyl groups excluding tert-OH is 1. The van der Waals surface area contributed by atoms with Crippen molar-refractivity contribution < 1.29 is 5.11 Å². The van der Waals surface area contributed by atoms with Crippen molar-refractivity contribution in [3.05, 3.63) is 0 Å². The second-order valence-electron chi connectivity index (χ2n) is 3.53. The molecule has 0 aliphatic rings. The zero-order valence-corrected chi connectivity index (χ0v) is 7.43. The van der Waals surface area contributed by atoms with E-state index in [-0.39, 0.29) is 6.10 Å². The summed E-state index contributed by atoms with van der Waals surface area (Å²) in [6, 6.07) is 0. The van der Waals surface area contributed by atoms with Gasteiger partial charge in [0.05, 0.1) is 6.10 Å². The molecule has 1 heteroatoms. The first-order valence-corrected chi connectivity index (χ1v) is 4.31. The van der Waals surface area contributed by atoms with E-state index in [1.54, 1.807) is 0 Å². The van der Waals surface area contributed by atoms with Crippen LogP contribution in [0.5, 0.6) is 0 Å². The highest BCUT2D eigenvalue weighted by Crippen LogP contribution is 2.08. The number of hydrogen-bond donors (Lipinski definition) is 1. The number of hydrogen-bond acceptors (Lipinski definition) is 1. The lowest BCUT2D eigenvalue weighted by molar-refractivity contribution is 0.180. The van der Waals surface area contributed by atoms with Gasteiger partial charge in [-0.3, -0.25) is 0 Å². The molecule has 0 aromatic heterocycles. The average molecular weight is 144 g/mol. The summed E-state index contributed by atoms with van der Waals surface area (Å²) < 4.78 is 0. The monoisotopic (exact) mass is 144 g/mol. The summed E-state index contributed by atoms with van der Waals surface area (Å²) in [5, 5.41) is 8.92. The largest absolute Gasteiger partial charge is 0.393 e. The second-order valence-corrected chi connectivity index (χ2v) is 3.53. The molecule has 0 unspecified atom stereocenters. The highest BCUT2D eigenvalue weighted by Gasteiger charge is 1.96. The molecule has 0 aromatic carbocycles. The van der Waals surface area contributed by atoms with Gasteiger partial charge in [0.15, 0.2) is 0 Å².